The molecule has 0 unspecified atom stereocenters. The maximum Gasteiger partial charge on any atom is 0.319 e. The smallest absolute Gasteiger partial charge is 0.319 e. The van der Waals surface area contributed by atoms with Crippen LogP contribution >= 0.6 is 0 Å². The zero-order valence-electron chi connectivity index (χ0n) is 13.5. The summed E-state index contributed by atoms with van der Waals surface area (Å²) in [7, 11) is 0. The van der Waals surface area contributed by atoms with Crippen LogP contribution < -0.4 is 10.6 Å². The summed E-state index contributed by atoms with van der Waals surface area (Å²) >= 11 is 0. The first-order valence-corrected chi connectivity index (χ1v) is 7.87. The third-order valence-electron chi connectivity index (χ3n) is 4.03. The summed E-state index contributed by atoms with van der Waals surface area (Å²) in [5.41, 5.74) is -0.754. The molecule has 1 aliphatic rings. The highest BCUT2D eigenvalue weighted by atomic mass is 19.1. The fourth-order valence-electron chi connectivity index (χ4n) is 2.61. The van der Waals surface area contributed by atoms with E-state index < -0.39 is 23.2 Å². The maximum atomic E-state index is 13.9. The number of halogens is 2. The van der Waals surface area contributed by atoms with Gasteiger partial charge in [0.1, 0.15) is 29.9 Å². The molecule has 130 valence electrons. The summed E-state index contributed by atoms with van der Waals surface area (Å²) in [5, 5.41) is 17.8. The first-order valence-electron chi connectivity index (χ1n) is 7.87. The molecule has 9 heteroatoms. The Balaban J connectivity index is 1.75. The third-order valence-corrected chi connectivity index (χ3v) is 4.03. The Kier molecular flexibility index (Phi) is 4.61. The van der Waals surface area contributed by atoms with Gasteiger partial charge in [-0.25, -0.2) is 23.2 Å². The maximum absolute atomic E-state index is 13.9. The van der Waals surface area contributed by atoms with Crippen molar-refractivity contribution < 1.29 is 13.6 Å². The van der Waals surface area contributed by atoms with Crippen LogP contribution in [0.1, 0.15) is 37.2 Å². The summed E-state index contributed by atoms with van der Waals surface area (Å²) in [6.45, 7) is 2.52. The number of aryl methyl sites for hydroxylation is 1. The summed E-state index contributed by atoms with van der Waals surface area (Å²) in [5.74, 6) is -0.911. The molecule has 1 aliphatic carbocycles. The van der Waals surface area contributed by atoms with Gasteiger partial charge in [-0.2, -0.15) is 10.4 Å². The van der Waals surface area contributed by atoms with Crippen molar-refractivity contribution in [1.82, 2.24) is 20.1 Å². The minimum atomic E-state index is -0.899. The van der Waals surface area contributed by atoms with Crippen molar-refractivity contribution in [1.29, 1.82) is 5.26 Å². The van der Waals surface area contributed by atoms with Crippen LogP contribution in [-0.4, -0.2) is 20.8 Å². The van der Waals surface area contributed by atoms with E-state index in [1.54, 1.807) is 10.8 Å². The Bertz CT molecular complexity index is 840. The molecule has 1 fully saturated rings. The number of amides is 2. The zero-order valence-corrected chi connectivity index (χ0v) is 13.5. The topological polar surface area (TPSA) is 95.6 Å². The Morgan fingerprint density at radius 1 is 1.44 bits per heavy atom. The molecule has 7 nitrogen and oxygen atoms in total. The fraction of sp³-hybridized carbons (Fsp3) is 0.375. The largest absolute Gasteiger partial charge is 0.328 e. The lowest BCUT2D eigenvalue weighted by Crippen LogP contribution is -2.35. The zero-order chi connectivity index (χ0) is 18.0. The Hall–Kier alpha value is -3.02. The second kappa shape index (κ2) is 6.84. The normalized spacial score (nSPS) is 14.6. The van der Waals surface area contributed by atoms with Crippen LogP contribution in [-0.2, 0) is 6.54 Å². The van der Waals surface area contributed by atoms with Gasteiger partial charge >= 0.3 is 6.03 Å². The lowest BCUT2D eigenvalue weighted by Gasteiger charge is -2.18. The quantitative estimate of drug-likeness (QED) is 0.870. The van der Waals surface area contributed by atoms with Gasteiger partial charge < -0.3 is 10.6 Å². The predicted molar refractivity (Wildman–Crippen MR) is 84.4 cm³/mol. The lowest BCUT2D eigenvalue weighted by atomic mass is 10.1. The highest BCUT2D eigenvalue weighted by Gasteiger charge is 2.36. The van der Waals surface area contributed by atoms with Gasteiger partial charge in [0, 0.05) is 12.6 Å². The molecule has 0 bridgehead atoms. The van der Waals surface area contributed by atoms with Crippen molar-refractivity contribution >= 4 is 11.7 Å². The van der Waals surface area contributed by atoms with Gasteiger partial charge in [-0.1, -0.05) is 0 Å². The molecular formula is C16H16F2N6O. The van der Waals surface area contributed by atoms with Crippen molar-refractivity contribution in [3.63, 3.8) is 0 Å². The van der Waals surface area contributed by atoms with E-state index >= 15 is 0 Å². The number of anilines is 1. The molecular weight excluding hydrogens is 330 g/mol. The summed E-state index contributed by atoms with van der Waals surface area (Å²) in [6, 6.07) is 2.05. The van der Waals surface area contributed by atoms with Crippen LogP contribution in [0.2, 0.25) is 0 Å². The van der Waals surface area contributed by atoms with Crippen LogP contribution in [0, 0.1) is 28.9 Å². The Labute approximate surface area is 142 Å². The van der Waals surface area contributed by atoms with Gasteiger partial charge in [-0.05, 0) is 31.7 Å². The molecule has 1 aromatic heterocycles. The molecule has 0 aliphatic heterocycles. The summed E-state index contributed by atoms with van der Waals surface area (Å²) in [4.78, 5) is 16.4. The molecule has 2 N–H and O–H groups in total. The van der Waals surface area contributed by atoms with Gasteiger partial charge in [0.2, 0.25) is 0 Å². The molecule has 3 rings (SSSR count). The second-order valence-corrected chi connectivity index (χ2v) is 5.77. The van der Waals surface area contributed by atoms with Gasteiger partial charge in [-0.3, -0.25) is 0 Å². The fourth-order valence-corrected chi connectivity index (χ4v) is 2.61. The third kappa shape index (κ3) is 3.57. The highest BCUT2D eigenvalue weighted by Crippen LogP contribution is 2.40. The minimum Gasteiger partial charge on any atom is -0.328 e. The average Bonchev–Trinajstić information content (AvgIpc) is 3.32. The van der Waals surface area contributed by atoms with Crippen molar-refractivity contribution in [2.75, 3.05) is 5.32 Å². The summed E-state index contributed by atoms with van der Waals surface area (Å²) in [6.07, 6.45) is 3.31. The molecule has 2 amide bonds. The van der Waals surface area contributed by atoms with Gasteiger partial charge in [0.15, 0.2) is 0 Å². The van der Waals surface area contributed by atoms with Crippen molar-refractivity contribution in [2.24, 2.45) is 5.92 Å². The van der Waals surface area contributed by atoms with Crippen LogP contribution in [0.5, 0.6) is 0 Å². The Morgan fingerprint density at radius 3 is 2.84 bits per heavy atom. The van der Waals surface area contributed by atoms with Gasteiger partial charge in [0.25, 0.3) is 0 Å². The van der Waals surface area contributed by atoms with Gasteiger partial charge in [-0.15, -0.1) is 0 Å². The number of carbonyl (C=O) groups is 1. The molecule has 1 saturated carbocycles. The van der Waals surface area contributed by atoms with E-state index in [9.17, 15) is 13.6 Å². The monoisotopic (exact) mass is 346 g/mol. The SMILES string of the molecule is CCn1ncnc1[C@@H](NC(=O)Nc1cc(F)c(C#N)cc1F)C1CC1. The number of hydrogen-bond donors (Lipinski definition) is 2. The Morgan fingerprint density at radius 2 is 2.20 bits per heavy atom. The van der Waals surface area contributed by atoms with Crippen LogP contribution in [0.25, 0.3) is 0 Å². The number of nitrogens with zero attached hydrogens (tertiary/aromatic N) is 4. The van der Waals surface area contributed by atoms with E-state index in [0.29, 0.717) is 12.4 Å². The van der Waals surface area contributed by atoms with E-state index in [2.05, 4.69) is 20.7 Å². The number of rotatable bonds is 5. The molecule has 0 spiro atoms. The first-order chi connectivity index (χ1) is 12.0. The van der Waals surface area contributed by atoms with E-state index in [1.165, 1.54) is 6.33 Å². The standard InChI is InChI=1S/C16H16F2N6O/c1-2-24-15(20-8-21-24)14(9-3-4-9)23-16(25)22-13-6-11(17)10(7-19)5-12(13)18/h5-6,8-9,14H,2-4H2,1H3,(H2,22,23,25)/t14-/m0/s1. The lowest BCUT2D eigenvalue weighted by molar-refractivity contribution is 0.245. The number of benzene rings is 1. The van der Waals surface area contributed by atoms with E-state index in [4.69, 9.17) is 5.26 Å². The molecule has 1 atom stereocenters. The van der Waals surface area contributed by atoms with Crippen molar-refractivity contribution in [3.8, 4) is 6.07 Å². The molecule has 0 saturated heterocycles. The first kappa shape index (κ1) is 16.8. The molecule has 2 aromatic rings. The second-order valence-electron chi connectivity index (χ2n) is 5.77. The van der Waals surface area contributed by atoms with E-state index in [0.717, 1.165) is 25.0 Å². The number of hydrogen-bond acceptors (Lipinski definition) is 4. The van der Waals surface area contributed by atoms with E-state index in [1.807, 2.05) is 6.92 Å². The van der Waals surface area contributed by atoms with Crippen molar-refractivity contribution in [2.45, 2.75) is 32.4 Å². The molecule has 1 aromatic carbocycles. The molecule has 0 radical (unpaired) electrons. The van der Waals surface area contributed by atoms with Crippen LogP contribution in [0.3, 0.4) is 0 Å². The number of carbonyl (C=O) groups excluding carboxylic acids is 1. The molecule has 25 heavy (non-hydrogen) atoms. The van der Waals surface area contributed by atoms with Crippen LogP contribution in [0.15, 0.2) is 18.5 Å². The van der Waals surface area contributed by atoms with Gasteiger partial charge in [0.05, 0.1) is 17.3 Å². The number of urea groups is 1. The number of nitriles is 1. The van der Waals surface area contributed by atoms with Crippen LogP contribution in [0.4, 0.5) is 19.3 Å². The highest BCUT2D eigenvalue weighted by molar-refractivity contribution is 5.89. The van der Waals surface area contributed by atoms with E-state index in [-0.39, 0.29) is 17.6 Å². The number of nitrogens with one attached hydrogen (secondary N) is 2. The number of aromatic nitrogens is 3. The predicted octanol–water partition coefficient (Wildman–Crippen LogP) is 2.72. The van der Waals surface area contributed by atoms with Crippen molar-refractivity contribution in [3.05, 3.63) is 41.5 Å². The summed E-state index contributed by atoms with van der Waals surface area (Å²) < 4.78 is 29.2. The average molecular weight is 346 g/mol. The minimum absolute atomic E-state index is 0.239. The molecule has 1 heterocycles.